The summed E-state index contributed by atoms with van der Waals surface area (Å²) >= 11 is 0. The third-order valence-corrected chi connectivity index (χ3v) is 4.89. The molecular formula is C21H24N4O3. The molecule has 1 aliphatic heterocycles. The Kier molecular flexibility index (Phi) is 5.06. The Morgan fingerprint density at radius 1 is 1.32 bits per heavy atom. The molecule has 1 saturated heterocycles. The number of carbonyl (C=O) groups is 1. The van der Waals surface area contributed by atoms with Crippen LogP contribution in [0.1, 0.15) is 37.3 Å². The van der Waals surface area contributed by atoms with Crippen LogP contribution in [-0.2, 0) is 0 Å². The standard InChI is InChI=1S/C21H24N4O3/c1-3-27-20-9-8-16(14-19(20)24-10-4-5-11-24)22-21(26)25-12-6-7-18(25)17-13-15(2)28-23-17/h4-5,8-11,13-14,18H,3,6-7,12H2,1-2H3,(H,22,26)/t18-/m1/s1. The molecule has 3 aromatic rings. The van der Waals surface area contributed by atoms with E-state index in [2.05, 4.69) is 10.5 Å². The van der Waals surface area contributed by atoms with Gasteiger partial charge in [0.1, 0.15) is 17.2 Å². The maximum Gasteiger partial charge on any atom is 0.322 e. The van der Waals surface area contributed by atoms with Gasteiger partial charge in [-0.15, -0.1) is 0 Å². The largest absolute Gasteiger partial charge is 0.492 e. The lowest BCUT2D eigenvalue weighted by atomic mass is 10.1. The number of anilines is 1. The highest BCUT2D eigenvalue weighted by Crippen LogP contribution is 2.33. The smallest absolute Gasteiger partial charge is 0.322 e. The number of benzene rings is 1. The minimum atomic E-state index is -0.134. The van der Waals surface area contributed by atoms with Crippen LogP contribution in [0.15, 0.2) is 53.3 Å². The number of aryl methyl sites for hydroxylation is 1. The van der Waals surface area contributed by atoms with Gasteiger partial charge in [0, 0.05) is 30.7 Å². The summed E-state index contributed by atoms with van der Waals surface area (Å²) in [6, 6.07) is 11.3. The normalized spacial score (nSPS) is 16.4. The highest BCUT2D eigenvalue weighted by molar-refractivity contribution is 5.90. The zero-order valence-corrected chi connectivity index (χ0v) is 16.1. The monoisotopic (exact) mass is 380 g/mol. The second kappa shape index (κ2) is 7.80. The molecule has 1 atom stereocenters. The second-order valence-electron chi connectivity index (χ2n) is 6.85. The van der Waals surface area contributed by atoms with E-state index in [1.54, 1.807) is 0 Å². The molecule has 0 bridgehead atoms. The van der Waals surface area contributed by atoms with Crippen molar-refractivity contribution < 1.29 is 14.1 Å². The maximum absolute atomic E-state index is 12.9. The highest BCUT2D eigenvalue weighted by Gasteiger charge is 2.32. The Morgan fingerprint density at radius 3 is 2.86 bits per heavy atom. The van der Waals surface area contributed by atoms with Crippen molar-refractivity contribution in [2.24, 2.45) is 0 Å². The lowest BCUT2D eigenvalue weighted by molar-refractivity contribution is 0.204. The Hall–Kier alpha value is -3.22. The van der Waals surface area contributed by atoms with Crippen LogP contribution in [0.25, 0.3) is 5.69 Å². The van der Waals surface area contributed by atoms with Gasteiger partial charge in [0.2, 0.25) is 0 Å². The molecule has 2 aromatic heterocycles. The van der Waals surface area contributed by atoms with E-state index in [0.717, 1.165) is 41.4 Å². The van der Waals surface area contributed by atoms with E-state index in [1.807, 2.05) is 72.1 Å². The van der Waals surface area contributed by atoms with Gasteiger partial charge in [-0.25, -0.2) is 4.79 Å². The number of ether oxygens (including phenoxy) is 1. The summed E-state index contributed by atoms with van der Waals surface area (Å²) in [6.45, 7) is 5.09. The number of likely N-dealkylation sites (tertiary alicyclic amines) is 1. The number of amides is 2. The summed E-state index contributed by atoms with van der Waals surface area (Å²) in [5, 5.41) is 7.12. The molecule has 4 rings (SSSR count). The Labute approximate surface area is 163 Å². The summed E-state index contributed by atoms with van der Waals surface area (Å²) in [5.74, 6) is 1.53. The maximum atomic E-state index is 12.9. The molecule has 0 aliphatic carbocycles. The van der Waals surface area contributed by atoms with Crippen LogP contribution < -0.4 is 10.1 Å². The van der Waals surface area contributed by atoms with Crippen molar-refractivity contribution in [3.63, 3.8) is 0 Å². The van der Waals surface area contributed by atoms with Crippen molar-refractivity contribution in [1.29, 1.82) is 0 Å². The fourth-order valence-corrected chi connectivity index (χ4v) is 3.62. The van der Waals surface area contributed by atoms with Gasteiger partial charge >= 0.3 is 6.03 Å². The first-order chi connectivity index (χ1) is 13.7. The van der Waals surface area contributed by atoms with E-state index in [9.17, 15) is 4.79 Å². The van der Waals surface area contributed by atoms with Crippen LogP contribution in [0.3, 0.4) is 0 Å². The van der Waals surface area contributed by atoms with Crippen molar-refractivity contribution >= 4 is 11.7 Å². The molecule has 1 N–H and O–H groups in total. The third kappa shape index (κ3) is 3.60. The van der Waals surface area contributed by atoms with E-state index in [0.29, 0.717) is 13.2 Å². The predicted octanol–water partition coefficient (Wildman–Crippen LogP) is 4.54. The van der Waals surface area contributed by atoms with E-state index >= 15 is 0 Å². The van der Waals surface area contributed by atoms with Gasteiger partial charge in [-0.2, -0.15) is 0 Å². The summed E-state index contributed by atoms with van der Waals surface area (Å²) in [5.41, 5.74) is 2.42. The number of hydrogen-bond donors (Lipinski definition) is 1. The first-order valence-electron chi connectivity index (χ1n) is 9.56. The number of nitrogens with zero attached hydrogens (tertiary/aromatic N) is 3. The average Bonchev–Trinajstić information content (AvgIpc) is 3.44. The molecule has 0 spiro atoms. The van der Waals surface area contributed by atoms with E-state index in [4.69, 9.17) is 9.26 Å². The van der Waals surface area contributed by atoms with Crippen molar-refractivity contribution in [3.05, 3.63) is 60.2 Å². The number of urea groups is 1. The molecule has 146 valence electrons. The van der Waals surface area contributed by atoms with Crippen molar-refractivity contribution in [2.75, 3.05) is 18.5 Å². The molecule has 2 amide bonds. The van der Waals surface area contributed by atoms with Gasteiger partial charge in [-0.1, -0.05) is 5.16 Å². The molecular weight excluding hydrogens is 356 g/mol. The van der Waals surface area contributed by atoms with E-state index in [-0.39, 0.29) is 12.1 Å². The summed E-state index contributed by atoms with van der Waals surface area (Å²) in [6.07, 6.45) is 5.74. The van der Waals surface area contributed by atoms with E-state index < -0.39 is 0 Å². The van der Waals surface area contributed by atoms with Crippen LogP contribution in [-0.4, -0.2) is 33.8 Å². The molecule has 0 unspecified atom stereocenters. The lowest BCUT2D eigenvalue weighted by Crippen LogP contribution is -2.34. The number of hydrogen-bond acceptors (Lipinski definition) is 4. The fourth-order valence-electron chi connectivity index (χ4n) is 3.62. The minimum Gasteiger partial charge on any atom is -0.492 e. The van der Waals surface area contributed by atoms with Gasteiger partial charge in [-0.3, -0.25) is 0 Å². The molecule has 7 nitrogen and oxygen atoms in total. The van der Waals surface area contributed by atoms with Gasteiger partial charge in [0.25, 0.3) is 0 Å². The van der Waals surface area contributed by atoms with Gasteiger partial charge in [0.05, 0.1) is 18.3 Å². The number of aromatic nitrogens is 2. The van der Waals surface area contributed by atoms with Crippen LogP contribution in [0.5, 0.6) is 5.75 Å². The first kappa shape index (κ1) is 18.2. The van der Waals surface area contributed by atoms with Gasteiger partial charge in [0.15, 0.2) is 0 Å². The zero-order chi connectivity index (χ0) is 19.5. The number of nitrogens with one attached hydrogen (secondary N) is 1. The molecule has 1 fully saturated rings. The first-order valence-corrected chi connectivity index (χ1v) is 9.56. The highest BCUT2D eigenvalue weighted by atomic mass is 16.5. The number of carbonyl (C=O) groups excluding carboxylic acids is 1. The van der Waals surface area contributed by atoms with Crippen molar-refractivity contribution in [2.45, 2.75) is 32.7 Å². The summed E-state index contributed by atoms with van der Waals surface area (Å²) in [4.78, 5) is 14.8. The second-order valence-corrected chi connectivity index (χ2v) is 6.85. The quantitative estimate of drug-likeness (QED) is 0.705. The predicted molar refractivity (Wildman–Crippen MR) is 106 cm³/mol. The number of rotatable bonds is 5. The minimum absolute atomic E-state index is 0.0518. The average molecular weight is 380 g/mol. The van der Waals surface area contributed by atoms with Gasteiger partial charge in [-0.05, 0) is 57.0 Å². The zero-order valence-electron chi connectivity index (χ0n) is 16.1. The van der Waals surface area contributed by atoms with Gasteiger partial charge < -0.3 is 24.0 Å². The molecule has 0 radical (unpaired) electrons. The van der Waals surface area contributed by atoms with Crippen LogP contribution in [0, 0.1) is 6.92 Å². The Balaban J connectivity index is 1.55. The Morgan fingerprint density at radius 2 is 2.14 bits per heavy atom. The molecule has 7 heteroatoms. The Bertz CT molecular complexity index is 948. The summed E-state index contributed by atoms with van der Waals surface area (Å²) in [7, 11) is 0. The van der Waals surface area contributed by atoms with Crippen LogP contribution in [0.2, 0.25) is 0 Å². The molecule has 0 saturated carbocycles. The molecule has 1 aromatic carbocycles. The van der Waals surface area contributed by atoms with E-state index in [1.165, 1.54) is 0 Å². The molecule has 3 heterocycles. The van der Waals surface area contributed by atoms with Crippen molar-refractivity contribution in [3.8, 4) is 11.4 Å². The van der Waals surface area contributed by atoms with Crippen LogP contribution in [0.4, 0.5) is 10.5 Å². The van der Waals surface area contributed by atoms with Crippen LogP contribution >= 0.6 is 0 Å². The molecule has 28 heavy (non-hydrogen) atoms. The molecule has 1 aliphatic rings. The summed E-state index contributed by atoms with van der Waals surface area (Å²) < 4.78 is 12.9. The lowest BCUT2D eigenvalue weighted by Gasteiger charge is -2.23. The fraction of sp³-hybridized carbons (Fsp3) is 0.333. The third-order valence-electron chi connectivity index (χ3n) is 4.89. The SMILES string of the molecule is CCOc1ccc(NC(=O)N2CCC[C@@H]2c2cc(C)on2)cc1-n1cccc1. The topological polar surface area (TPSA) is 72.5 Å². The van der Waals surface area contributed by atoms with Crippen molar-refractivity contribution in [1.82, 2.24) is 14.6 Å².